The minimum Gasteiger partial charge on any atom is -0.391 e. The summed E-state index contributed by atoms with van der Waals surface area (Å²) in [5.41, 5.74) is 0. The molecule has 2 aromatic rings. The Morgan fingerprint density at radius 3 is 1.53 bits per heavy atom. The first kappa shape index (κ1) is 14.5. The van der Waals surface area contributed by atoms with E-state index >= 15 is 0 Å². The Balaban J connectivity index is 2.18. The van der Waals surface area contributed by atoms with Gasteiger partial charge in [-0.15, -0.1) is 23.5 Å². The standard InChI is InChI=1S/C16H18OS2/c1-13(17)16(2,18-14-9-5-3-6-10-14)19-15-11-7-4-8-12-15/h3-13,17H,1-2H3. The van der Waals surface area contributed by atoms with E-state index in [0.29, 0.717) is 0 Å². The maximum absolute atomic E-state index is 10.2. The van der Waals surface area contributed by atoms with Crippen molar-refractivity contribution >= 4 is 23.5 Å². The summed E-state index contributed by atoms with van der Waals surface area (Å²) in [7, 11) is 0. The first-order chi connectivity index (χ1) is 9.10. The van der Waals surface area contributed by atoms with Crippen LogP contribution in [-0.4, -0.2) is 15.3 Å². The maximum atomic E-state index is 10.2. The number of aliphatic hydroxyl groups excluding tert-OH is 1. The van der Waals surface area contributed by atoms with Gasteiger partial charge in [0.15, 0.2) is 0 Å². The largest absolute Gasteiger partial charge is 0.391 e. The summed E-state index contributed by atoms with van der Waals surface area (Å²) in [5, 5.41) is 10.2. The fraction of sp³-hybridized carbons (Fsp3) is 0.250. The Morgan fingerprint density at radius 2 is 1.21 bits per heavy atom. The van der Waals surface area contributed by atoms with E-state index in [1.54, 1.807) is 23.5 Å². The second-order valence-electron chi connectivity index (χ2n) is 4.52. The first-order valence-corrected chi connectivity index (χ1v) is 7.90. The smallest absolute Gasteiger partial charge is 0.0931 e. The predicted molar refractivity (Wildman–Crippen MR) is 84.7 cm³/mol. The fourth-order valence-electron chi connectivity index (χ4n) is 1.64. The Kier molecular flexibility index (Phi) is 4.97. The molecule has 2 aromatic carbocycles. The summed E-state index contributed by atoms with van der Waals surface area (Å²) in [5.74, 6) is 0. The highest BCUT2D eigenvalue weighted by atomic mass is 32.2. The molecule has 19 heavy (non-hydrogen) atoms. The average Bonchev–Trinajstić information content (AvgIpc) is 2.40. The molecule has 0 bridgehead atoms. The molecule has 1 N–H and O–H groups in total. The molecule has 0 heterocycles. The van der Waals surface area contributed by atoms with E-state index in [1.807, 2.05) is 43.3 Å². The Labute approximate surface area is 123 Å². The van der Waals surface area contributed by atoms with Crippen LogP contribution in [0.4, 0.5) is 0 Å². The number of thioether (sulfide) groups is 2. The van der Waals surface area contributed by atoms with Crippen LogP contribution in [0.2, 0.25) is 0 Å². The summed E-state index contributed by atoms with van der Waals surface area (Å²) < 4.78 is -0.303. The lowest BCUT2D eigenvalue weighted by Gasteiger charge is -2.31. The molecule has 1 atom stereocenters. The molecule has 0 aliphatic heterocycles. The van der Waals surface area contributed by atoms with Gasteiger partial charge in [-0.2, -0.15) is 0 Å². The van der Waals surface area contributed by atoms with Crippen LogP contribution in [0.25, 0.3) is 0 Å². The minimum absolute atomic E-state index is 0.303. The molecule has 2 rings (SSSR count). The molecule has 1 unspecified atom stereocenters. The summed E-state index contributed by atoms with van der Waals surface area (Å²) in [6, 6.07) is 20.4. The average molecular weight is 290 g/mol. The van der Waals surface area contributed by atoms with Gasteiger partial charge in [0.1, 0.15) is 0 Å². The van der Waals surface area contributed by atoms with Gasteiger partial charge in [-0.05, 0) is 38.1 Å². The summed E-state index contributed by atoms with van der Waals surface area (Å²) in [6.45, 7) is 3.94. The zero-order valence-electron chi connectivity index (χ0n) is 11.1. The highest BCUT2D eigenvalue weighted by Crippen LogP contribution is 2.47. The summed E-state index contributed by atoms with van der Waals surface area (Å²) in [6.07, 6.45) is -0.414. The Morgan fingerprint density at radius 1 is 0.842 bits per heavy atom. The summed E-state index contributed by atoms with van der Waals surface area (Å²) in [4.78, 5) is 2.35. The van der Waals surface area contributed by atoms with Crippen molar-refractivity contribution in [2.75, 3.05) is 0 Å². The summed E-state index contributed by atoms with van der Waals surface area (Å²) >= 11 is 3.41. The van der Waals surface area contributed by atoms with E-state index in [2.05, 4.69) is 31.2 Å². The zero-order valence-corrected chi connectivity index (χ0v) is 12.7. The van der Waals surface area contributed by atoms with Crippen molar-refractivity contribution in [1.82, 2.24) is 0 Å². The maximum Gasteiger partial charge on any atom is 0.0931 e. The molecule has 0 fully saturated rings. The molecule has 0 saturated heterocycles. The number of aliphatic hydroxyl groups is 1. The second-order valence-corrected chi connectivity index (χ2v) is 7.83. The van der Waals surface area contributed by atoms with E-state index in [0.717, 1.165) is 0 Å². The van der Waals surface area contributed by atoms with Gasteiger partial charge in [0, 0.05) is 9.79 Å². The first-order valence-electron chi connectivity index (χ1n) is 6.26. The molecule has 0 aromatic heterocycles. The van der Waals surface area contributed by atoms with Crippen molar-refractivity contribution in [3.8, 4) is 0 Å². The van der Waals surface area contributed by atoms with Crippen LogP contribution in [-0.2, 0) is 0 Å². The lowest BCUT2D eigenvalue weighted by atomic mass is 10.3. The minimum atomic E-state index is -0.414. The number of benzene rings is 2. The highest BCUT2D eigenvalue weighted by molar-refractivity contribution is 8.18. The third-order valence-electron chi connectivity index (χ3n) is 2.89. The van der Waals surface area contributed by atoms with Crippen LogP contribution in [0.1, 0.15) is 13.8 Å². The van der Waals surface area contributed by atoms with Gasteiger partial charge in [0.25, 0.3) is 0 Å². The molecule has 0 amide bonds. The molecule has 0 spiro atoms. The third kappa shape index (κ3) is 4.03. The molecule has 0 aliphatic carbocycles. The van der Waals surface area contributed by atoms with E-state index in [9.17, 15) is 5.11 Å². The molecule has 0 saturated carbocycles. The molecule has 1 nitrogen and oxygen atoms in total. The van der Waals surface area contributed by atoms with E-state index in [-0.39, 0.29) is 4.08 Å². The Bertz CT molecular complexity index is 455. The zero-order chi connectivity index (χ0) is 13.7. The predicted octanol–water partition coefficient (Wildman–Crippen LogP) is 4.67. The lowest BCUT2D eigenvalue weighted by molar-refractivity contribution is 0.186. The molecule has 3 heteroatoms. The number of hydrogen-bond donors (Lipinski definition) is 1. The Hall–Kier alpha value is -0.900. The fourth-order valence-corrected chi connectivity index (χ4v) is 4.24. The molecule has 0 aliphatic rings. The van der Waals surface area contributed by atoms with Crippen LogP contribution < -0.4 is 0 Å². The molecule has 0 radical (unpaired) electrons. The van der Waals surface area contributed by atoms with Crippen molar-refractivity contribution in [2.45, 2.75) is 33.8 Å². The van der Waals surface area contributed by atoms with Crippen LogP contribution in [0, 0.1) is 0 Å². The van der Waals surface area contributed by atoms with Gasteiger partial charge in [0.2, 0.25) is 0 Å². The van der Waals surface area contributed by atoms with Gasteiger partial charge in [-0.1, -0.05) is 36.4 Å². The normalized spacial score (nSPS) is 13.2. The second kappa shape index (κ2) is 6.51. The van der Waals surface area contributed by atoms with Crippen LogP contribution >= 0.6 is 23.5 Å². The highest BCUT2D eigenvalue weighted by Gasteiger charge is 2.32. The van der Waals surface area contributed by atoms with Crippen molar-refractivity contribution in [3.63, 3.8) is 0 Å². The van der Waals surface area contributed by atoms with E-state index in [1.165, 1.54) is 9.79 Å². The number of hydrogen-bond acceptors (Lipinski definition) is 3. The van der Waals surface area contributed by atoms with Gasteiger partial charge in [0.05, 0.1) is 10.2 Å². The lowest BCUT2D eigenvalue weighted by Crippen LogP contribution is -2.29. The van der Waals surface area contributed by atoms with Gasteiger partial charge < -0.3 is 5.11 Å². The van der Waals surface area contributed by atoms with Crippen molar-refractivity contribution in [2.24, 2.45) is 0 Å². The molecular formula is C16H18OS2. The van der Waals surface area contributed by atoms with Gasteiger partial charge >= 0.3 is 0 Å². The van der Waals surface area contributed by atoms with Gasteiger partial charge in [-0.3, -0.25) is 0 Å². The quantitative estimate of drug-likeness (QED) is 0.638. The van der Waals surface area contributed by atoms with Gasteiger partial charge in [-0.25, -0.2) is 0 Å². The van der Waals surface area contributed by atoms with Crippen molar-refractivity contribution < 1.29 is 5.11 Å². The van der Waals surface area contributed by atoms with Crippen LogP contribution in [0.5, 0.6) is 0 Å². The van der Waals surface area contributed by atoms with Crippen molar-refractivity contribution in [3.05, 3.63) is 60.7 Å². The van der Waals surface area contributed by atoms with E-state index < -0.39 is 6.10 Å². The van der Waals surface area contributed by atoms with Crippen LogP contribution in [0.15, 0.2) is 70.5 Å². The SMILES string of the molecule is CC(O)C(C)(Sc1ccccc1)Sc1ccccc1. The third-order valence-corrected chi connectivity index (χ3v) is 5.89. The molecule has 100 valence electrons. The van der Waals surface area contributed by atoms with Crippen molar-refractivity contribution in [1.29, 1.82) is 0 Å². The van der Waals surface area contributed by atoms with E-state index in [4.69, 9.17) is 0 Å². The molecular weight excluding hydrogens is 272 g/mol. The topological polar surface area (TPSA) is 20.2 Å². The number of rotatable bonds is 5. The van der Waals surface area contributed by atoms with Crippen LogP contribution in [0.3, 0.4) is 0 Å². The monoisotopic (exact) mass is 290 g/mol.